The van der Waals surface area contributed by atoms with E-state index in [4.69, 9.17) is 4.74 Å². The lowest BCUT2D eigenvalue weighted by atomic mass is 10.1. The largest absolute Gasteiger partial charge is 1.00 e. The minimum atomic E-state index is 0. The number of halogens is 1. The van der Waals surface area contributed by atoms with Gasteiger partial charge in [-0.3, -0.25) is 4.79 Å². The van der Waals surface area contributed by atoms with Crippen LogP contribution >= 0.6 is 0 Å². The summed E-state index contributed by atoms with van der Waals surface area (Å²) in [4.78, 5) is 12.1. The van der Waals surface area contributed by atoms with Crippen LogP contribution in [0.15, 0.2) is 60.7 Å². The van der Waals surface area contributed by atoms with Gasteiger partial charge in [0.1, 0.15) is 12.6 Å². The number of carbonyl (C=O) groups is 1. The summed E-state index contributed by atoms with van der Waals surface area (Å²) in [5, 5.41) is 2.17. The van der Waals surface area contributed by atoms with Gasteiger partial charge in [0.2, 0.25) is 0 Å². The lowest BCUT2D eigenvalue weighted by molar-refractivity contribution is -0.661. The van der Waals surface area contributed by atoms with Gasteiger partial charge in [0.25, 0.3) is 0 Å². The maximum Gasteiger partial charge on any atom is 0.168 e. The molecule has 0 amide bonds. The molecular weight excluding hydrogens is 322 g/mol. The van der Waals surface area contributed by atoms with Crippen LogP contribution in [0.3, 0.4) is 0 Å². The van der Waals surface area contributed by atoms with Gasteiger partial charge in [-0.2, -0.15) is 0 Å². The Hall–Kier alpha value is -1.68. The van der Waals surface area contributed by atoms with Crippen molar-refractivity contribution in [1.82, 2.24) is 0 Å². The first-order chi connectivity index (χ1) is 11.2. The van der Waals surface area contributed by atoms with E-state index in [1.165, 1.54) is 5.56 Å². The first-order valence-electron chi connectivity index (χ1n) is 8.27. The molecule has 0 fully saturated rings. The van der Waals surface area contributed by atoms with Crippen molar-refractivity contribution in [1.29, 1.82) is 0 Å². The number of hydrogen-bond acceptors (Lipinski definition) is 2. The van der Waals surface area contributed by atoms with Crippen LogP contribution < -0.4 is 17.7 Å². The fourth-order valence-corrected chi connectivity index (χ4v) is 2.54. The van der Waals surface area contributed by atoms with Crippen LogP contribution in [-0.4, -0.2) is 25.0 Å². The molecule has 1 unspecified atom stereocenters. The summed E-state index contributed by atoms with van der Waals surface area (Å²) in [6.07, 6.45) is 0.787. The molecule has 0 spiro atoms. The monoisotopic (exact) mass is 347 g/mol. The number of hydrogen-bond donors (Lipinski definition) is 1. The third-order valence-electron chi connectivity index (χ3n) is 3.66. The molecule has 130 valence electrons. The van der Waals surface area contributed by atoms with Crippen LogP contribution in [0.4, 0.5) is 0 Å². The third kappa shape index (κ3) is 6.83. The van der Waals surface area contributed by atoms with Gasteiger partial charge in [0.05, 0.1) is 19.1 Å². The molecule has 0 aromatic heterocycles. The Balaban J connectivity index is 0.00000288. The van der Waals surface area contributed by atoms with Crippen LogP contribution in [0.2, 0.25) is 0 Å². The standard InChI is InChI=1S/C20H25NO2.ClH/c1-16(2)23-20(18-11-7-4-8-12-18)15-21-14-13-19(22)17-9-5-3-6-10-17;/h3-12,16,20-21H,13-15H2,1-2H3;1H. The molecule has 3 nitrogen and oxygen atoms in total. The number of ether oxygens (including phenoxy) is 1. The molecule has 24 heavy (non-hydrogen) atoms. The lowest BCUT2D eigenvalue weighted by Gasteiger charge is -2.19. The highest BCUT2D eigenvalue weighted by atomic mass is 35.5. The summed E-state index contributed by atoms with van der Waals surface area (Å²) in [6.45, 7) is 5.70. The number of ketones is 1. The zero-order valence-corrected chi connectivity index (χ0v) is 15.1. The fraction of sp³-hybridized carbons (Fsp3) is 0.350. The van der Waals surface area contributed by atoms with Gasteiger partial charge in [-0.15, -0.1) is 0 Å². The molecular formula is C20H26ClNO2. The van der Waals surface area contributed by atoms with Gasteiger partial charge in [0.15, 0.2) is 5.78 Å². The molecule has 0 aliphatic heterocycles. The molecule has 0 saturated carbocycles. The van der Waals surface area contributed by atoms with Crippen molar-refractivity contribution in [3.63, 3.8) is 0 Å². The average Bonchev–Trinajstić information content (AvgIpc) is 2.58. The number of carbonyl (C=O) groups excluding carboxylic acids is 1. The highest BCUT2D eigenvalue weighted by molar-refractivity contribution is 5.95. The summed E-state index contributed by atoms with van der Waals surface area (Å²) >= 11 is 0. The summed E-state index contributed by atoms with van der Waals surface area (Å²) in [5.41, 5.74) is 1.98. The highest BCUT2D eigenvalue weighted by Gasteiger charge is 2.16. The molecule has 0 radical (unpaired) electrons. The topological polar surface area (TPSA) is 42.9 Å². The van der Waals surface area contributed by atoms with E-state index >= 15 is 0 Å². The molecule has 0 saturated heterocycles. The smallest absolute Gasteiger partial charge is 0.168 e. The Kier molecular flexibility index (Phi) is 9.31. The average molecular weight is 348 g/mol. The van der Waals surface area contributed by atoms with Gasteiger partial charge < -0.3 is 22.5 Å². The molecule has 4 heteroatoms. The Morgan fingerprint density at radius 3 is 2.17 bits per heavy atom. The van der Waals surface area contributed by atoms with Crippen LogP contribution in [-0.2, 0) is 4.74 Å². The molecule has 2 N–H and O–H groups in total. The first kappa shape index (κ1) is 20.4. The molecule has 2 aromatic rings. The van der Waals surface area contributed by atoms with E-state index in [0.29, 0.717) is 6.42 Å². The van der Waals surface area contributed by atoms with E-state index in [1.54, 1.807) is 0 Å². The zero-order valence-electron chi connectivity index (χ0n) is 14.3. The number of benzene rings is 2. The lowest BCUT2D eigenvalue weighted by Crippen LogP contribution is -3.00. The Bertz CT molecular complexity index is 587. The maximum absolute atomic E-state index is 12.1. The molecule has 0 aliphatic rings. The zero-order chi connectivity index (χ0) is 16.5. The third-order valence-corrected chi connectivity index (χ3v) is 3.66. The van der Waals surface area contributed by atoms with Gasteiger partial charge in [-0.25, -0.2) is 0 Å². The Morgan fingerprint density at radius 1 is 1.00 bits per heavy atom. The molecule has 0 aliphatic carbocycles. The minimum Gasteiger partial charge on any atom is -1.00 e. The first-order valence-corrected chi connectivity index (χ1v) is 8.27. The second-order valence-electron chi connectivity index (χ2n) is 5.94. The van der Waals surface area contributed by atoms with Crippen molar-refractivity contribution >= 4 is 5.78 Å². The Labute approximate surface area is 150 Å². The normalized spacial score (nSPS) is 11.8. The predicted molar refractivity (Wildman–Crippen MR) is 92.5 cm³/mol. The van der Waals surface area contributed by atoms with E-state index < -0.39 is 0 Å². The van der Waals surface area contributed by atoms with E-state index in [2.05, 4.69) is 31.3 Å². The highest BCUT2D eigenvalue weighted by Crippen LogP contribution is 2.17. The number of nitrogens with two attached hydrogens (primary N) is 1. The van der Waals surface area contributed by atoms with E-state index in [-0.39, 0.29) is 30.4 Å². The summed E-state index contributed by atoms with van der Waals surface area (Å²) in [7, 11) is 0. The number of Topliss-reactive ketones (excluding diaryl/α,β-unsaturated/α-hetero) is 1. The number of quaternary nitrogens is 1. The SMILES string of the molecule is CC(C)OC(C[NH2+]CCC(=O)c1ccccc1)c1ccccc1.[Cl-]. The van der Waals surface area contributed by atoms with Crippen LogP contribution in [0.1, 0.15) is 42.3 Å². The van der Waals surface area contributed by atoms with Crippen molar-refractivity contribution in [2.45, 2.75) is 32.5 Å². The van der Waals surface area contributed by atoms with E-state index in [1.807, 2.05) is 48.5 Å². The molecule has 0 bridgehead atoms. The maximum atomic E-state index is 12.1. The second-order valence-corrected chi connectivity index (χ2v) is 5.94. The summed E-state index contributed by atoms with van der Waals surface area (Å²) < 4.78 is 6.01. The fourth-order valence-electron chi connectivity index (χ4n) is 2.54. The van der Waals surface area contributed by atoms with Crippen molar-refractivity contribution in [2.24, 2.45) is 0 Å². The Morgan fingerprint density at radius 2 is 1.58 bits per heavy atom. The van der Waals surface area contributed by atoms with E-state index in [9.17, 15) is 4.79 Å². The van der Waals surface area contributed by atoms with Gasteiger partial charge >= 0.3 is 0 Å². The minimum absolute atomic E-state index is 0. The molecule has 1 atom stereocenters. The van der Waals surface area contributed by atoms with Crippen molar-refractivity contribution < 1.29 is 27.3 Å². The molecule has 2 aromatic carbocycles. The summed E-state index contributed by atoms with van der Waals surface area (Å²) in [5.74, 6) is 0.197. The molecule has 0 heterocycles. The summed E-state index contributed by atoms with van der Waals surface area (Å²) in [6, 6.07) is 19.7. The van der Waals surface area contributed by atoms with Crippen molar-refractivity contribution in [3.8, 4) is 0 Å². The predicted octanol–water partition coefficient (Wildman–Crippen LogP) is -0.00690. The second kappa shape index (κ2) is 11.0. The molecule has 2 rings (SSSR count). The quantitative estimate of drug-likeness (QED) is 0.512. The van der Waals surface area contributed by atoms with Crippen LogP contribution in [0.5, 0.6) is 0 Å². The van der Waals surface area contributed by atoms with Gasteiger partial charge in [0, 0.05) is 5.56 Å². The van der Waals surface area contributed by atoms with Gasteiger partial charge in [-0.05, 0) is 19.4 Å². The van der Waals surface area contributed by atoms with E-state index in [0.717, 1.165) is 18.7 Å². The van der Waals surface area contributed by atoms with Crippen molar-refractivity contribution in [3.05, 3.63) is 71.8 Å². The van der Waals surface area contributed by atoms with Gasteiger partial charge in [-0.1, -0.05) is 60.7 Å². The number of rotatable bonds is 9. The van der Waals surface area contributed by atoms with Crippen molar-refractivity contribution in [2.75, 3.05) is 13.1 Å². The van der Waals surface area contributed by atoms with Crippen LogP contribution in [0.25, 0.3) is 0 Å². The van der Waals surface area contributed by atoms with Crippen LogP contribution in [0, 0.1) is 0 Å².